The number of methoxy groups -OCH3 is 1. The van der Waals surface area contributed by atoms with E-state index in [0.717, 1.165) is 45.1 Å². The van der Waals surface area contributed by atoms with Crippen LogP contribution in [-0.4, -0.2) is 32.2 Å². The Morgan fingerprint density at radius 1 is 1.47 bits per heavy atom. The number of hydrogen-bond acceptors (Lipinski definition) is 3. The maximum atomic E-state index is 5.81. The van der Waals surface area contributed by atoms with E-state index in [4.69, 9.17) is 20.6 Å². The summed E-state index contributed by atoms with van der Waals surface area (Å²) in [6.07, 6.45) is 11.4. The molecular formula is C14H24O3. The first-order valence-corrected chi connectivity index (χ1v) is 6.57. The third-order valence-corrected chi connectivity index (χ3v) is 3.08. The van der Waals surface area contributed by atoms with Gasteiger partial charge in [-0.3, -0.25) is 0 Å². The Hall–Kier alpha value is -0.560. The average molecular weight is 240 g/mol. The minimum atomic E-state index is -0.297. The van der Waals surface area contributed by atoms with Gasteiger partial charge in [-0.1, -0.05) is 25.7 Å². The van der Waals surface area contributed by atoms with E-state index < -0.39 is 0 Å². The fraction of sp³-hybridized carbons (Fsp3) is 0.857. The summed E-state index contributed by atoms with van der Waals surface area (Å²) < 4.78 is 16.8. The maximum absolute atomic E-state index is 5.81. The van der Waals surface area contributed by atoms with E-state index in [1.165, 1.54) is 0 Å². The minimum absolute atomic E-state index is 0.0227. The summed E-state index contributed by atoms with van der Waals surface area (Å²) in [6, 6.07) is 0. The lowest BCUT2D eigenvalue weighted by atomic mass is 10.1. The van der Waals surface area contributed by atoms with Gasteiger partial charge in [0.1, 0.15) is 6.10 Å². The van der Waals surface area contributed by atoms with E-state index >= 15 is 0 Å². The highest BCUT2D eigenvalue weighted by Gasteiger charge is 2.24. The van der Waals surface area contributed by atoms with Crippen molar-refractivity contribution >= 4 is 0 Å². The zero-order chi connectivity index (χ0) is 12.5. The average Bonchev–Trinajstić information content (AvgIpc) is 2.39. The van der Waals surface area contributed by atoms with Crippen molar-refractivity contribution in [2.24, 2.45) is 0 Å². The Morgan fingerprint density at radius 2 is 2.29 bits per heavy atom. The van der Waals surface area contributed by atoms with Gasteiger partial charge in [0.15, 0.2) is 6.29 Å². The summed E-state index contributed by atoms with van der Waals surface area (Å²) in [6.45, 7) is 2.93. The van der Waals surface area contributed by atoms with Gasteiger partial charge in [0.05, 0.1) is 6.10 Å². The van der Waals surface area contributed by atoms with Crippen LogP contribution < -0.4 is 0 Å². The van der Waals surface area contributed by atoms with Crippen molar-refractivity contribution in [3.63, 3.8) is 0 Å². The van der Waals surface area contributed by atoms with Crippen molar-refractivity contribution in [1.82, 2.24) is 0 Å². The molecule has 17 heavy (non-hydrogen) atoms. The molecule has 0 radical (unpaired) electrons. The van der Waals surface area contributed by atoms with Crippen molar-refractivity contribution < 1.29 is 14.2 Å². The van der Waals surface area contributed by atoms with Crippen LogP contribution in [0.5, 0.6) is 0 Å². The molecule has 3 nitrogen and oxygen atoms in total. The molecule has 1 aliphatic rings. The lowest BCUT2D eigenvalue weighted by molar-refractivity contribution is -0.196. The molecule has 0 N–H and O–H groups in total. The molecule has 0 aliphatic carbocycles. The SMILES string of the molecule is C#CC(OC1CCCCO1)C(CCCC)OC. The third kappa shape index (κ3) is 5.08. The van der Waals surface area contributed by atoms with Gasteiger partial charge in [-0.25, -0.2) is 0 Å². The standard InChI is InChI=1S/C14H24O3/c1-4-6-9-13(15-3)12(5-2)17-14-10-7-8-11-16-14/h2,12-14H,4,6-11H2,1,3H3. The first kappa shape index (κ1) is 14.5. The van der Waals surface area contributed by atoms with E-state index in [1.807, 2.05) is 0 Å². The van der Waals surface area contributed by atoms with E-state index in [0.29, 0.717) is 0 Å². The predicted molar refractivity (Wildman–Crippen MR) is 67.6 cm³/mol. The van der Waals surface area contributed by atoms with Crippen molar-refractivity contribution in [1.29, 1.82) is 0 Å². The smallest absolute Gasteiger partial charge is 0.159 e. The van der Waals surface area contributed by atoms with Crippen LogP contribution in [0, 0.1) is 12.3 Å². The van der Waals surface area contributed by atoms with Crippen LogP contribution in [0.2, 0.25) is 0 Å². The Bertz CT molecular complexity index is 228. The maximum Gasteiger partial charge on any atom is 0.159 e. The third-order valence-electron chi connectivity index (χ3n) is 3.08. The van der Waals surface area contributed by atoms with E-state index in [-0.39, 0.29) is 18.5 Å². The summed E-state index contributed by atoms with van der Waals surface area (Å²) in [7, 11) is 1.69. The van der Waals surface area contributed by atoms with Crippen molar-refractivity contribution in [2.45, 2.75) is 63.9 Å². The molecule has 3 unspecified atom stereocenters. The summed E-state index contributed by atoms with van der Waals surface area (Å²) >= 11 is 0. The molecule has 3 heteroatoms. The molecule has 1 aliphatic heterocycles. The van der Waals surface area contributed by atoms with Crippen LogP contribution in [0.3, 0.4) is 0 Å². The number of terminal acetylenes is 1. The second kappa shape index (κ2) is 8.52. The summed E-state index contributed by atoms with van der Waals surface area (Å²) in [5.74, 6) is 2.68. The van der Waals surface area contributed by atoms with Crippen LogP contribution >= 0.6 is 0 Å². The molecule has 0 aromatic heterocycles. The first-order chi connectivity index (χ1) is 8.31. The molecule has 0 bridgehead atoms. The minimum Gasteiger partial charge on any atom is -0.378 e. The molecule has 0 aromatic rings. The zero-order valence-electron chi connectivity index (χ0n) is 11.0. The number of hydrogen-bond donors (Lipinski definition) is 0. The first-order valence-electron chi connectivity index (χ1n) is 6.57. The van der Waals surface area contributed by atoms with Gasteiger partial charge in [0, 0.05) is 13.7 Å². The van der Waals surface area contributed by atoms with Gasteiger partial charge >= 0.3 is 0 Å². The molecule has 1 fully saturated rings. The molecule has 0 saturated carbocycles. The number of unbranched alkanes of at least 4 members (excludes halogenated alkanes) is 1. The van der Waals surface area contributed by atoms with E-state index in [9.17, 15) is 0 Å². The quantitative estimate of drug-likeness (QED) is 0.640. The normalized spacial score (nSPS) is 23.9. The van der Waals surface area contributed by atoms with E-state index in [2.05, 4.69) is 12.8 Å². The Kier molecular flexibility index (Phi) is 7.27. The molecule has 3 atom stereocenters. The molecule has 1 saturated heterocycles. The molecule has 0 amide bonds. The monoisotopic (exact) mass is 240 g/mol. The van der Waals surface area contributed by atoms with Crippen LogP contribution in [0.15, 0.2) is 0 Å². The fourth-order valence-corrected chi connectivity index (χ4v) is 2.01. The lowest BCUT2D eigenvalue weighted by Gasteiger charge is -2.29. The number of rotatable bonds is 7. The molecular weight excluding hydrogens is 216 g/mol. The Labute approximate surface area is 105 Å². The summed E-state index contributed by atoms with van der Waals surface area (Å²) in [4.78, 5) is 0. The Morgan fingerprint density at radius 3 is 2.82 bits per heavy atom. The van der Waals surface area contributed by atoms with Gasteiger partial charge in [-0.15, -0.1) is 6.42 Å². The van der Waals surface area contributed by atoms with Gasteiger partial charge in [-0.2, -0.15) is 0 Å². The highest BCUT2D eigenvalue weighted by molar-refractivity contribution is 4.99. The second-order valence-electron chi connectivity index (χ2n) is 4.44. The van der Waals surface area contributed by atoms with E-state index in [1.54, 1.807) is 7.11 Å². The number of ether oxygens (including phenoxy) is 3. The lowest BCUT2D eigenvalue weighted by Crippen LogP contribution is -2.35. The highest BCUT2D eigenvalue weighted by Crippen LogP contribution is 2.19. The molecule has 1 rings (SSSR count). The molecule has 0 aromatic carbocycles. The largest absolute Gasteiger partial charge is 0.378 e. The van der Waals surface area contributed by atoms with Gasteiger partial charge < -0.3 is 14.2 Å². The Balaban J connectivity index is 2.41. The summed E-state index contributed by atoms with van der Waals surface area (Å²) in [5.41, 5.74) is 0. The van der Waals surface area contributed by atoms with Crippen LogP contribution in [-0.2, 0) is 14.2 Å². The van der Waals surface area contributed by atoms with Gasteiger partial charge in [-0.05, 0) is 25.7 Å². The fourth-order valence-electron chi connectivity index (χ4n) is 2.01. The topological polar surface area (TPSA) is 27.7 Å². The molecule has 0 spiro atoms. The van der Waals surface area contributed by atoms with Gasteiger partial charge in [0.25, 0.3) is 0 Å². The molecule has 1 heterocycles. The van der Waals surface area contributed by atoms with Crippen molar-refractivity contribution in [2.75, 3.05) is 13.7 Å². The van der Waals surface area contributed by atoms with Crippen molar-refractivity contribution in [3.8, 4) is 12.3 Å². The predicted octanol–water partition coefficient (Wildman–Crippen LogP) is 2.74. The van der Waals surface area contributed by atoms with Crippen LogP contribution in [0.25, 0.3) is 0 Å². The molecule has 98 valence electrons. The van der Waals surface area contributed by atoms with Crippen LogP contribution in [0.1, 0.15) is 45.4 Å². The second-order valence-corrected chi connectivity index (χ2v) is 4.44. The zero-order valence-corrected chi connectivity index (χ0v) is 11.0. The highest BCUT2D eigenvalue weighted by atomic mass is 16.7. The van der Waals surface area contributed by atoms with Gasteiger partial charge in [0.2, 0.25) is 0 Å². The van der Waals surface area contributed by atoms with Crippen molar-refractivity contribution in [3.05, 3.63) is 0 Å². The van der Waals surface area contributed by atoms with Crippen LogP contribution in [0.4, 0.5) is 0 Å². The summed E-state index contributed by atoms with van der Waals surface area (Å²) in [5, 5.41) is 0.